The standard InChI is InChI=1S/C25H25BN6O3/c26-19-13-29-32-23(28-12-16-3-1-7-27-11-16)10-20(30-24(19)32)18-4-2-8-31(14-18)25(33)17-5-6-21-22(9-17)35-15-34-21/h1,3,5-7,9-11,13,18,28H,2,4,8,12,14-15,26H2. The van der Waals surface area contributed by atoms with Gasteiger partial charge in [0.25, 0.3) is 5.91 Å². The number of amides is 1. The fourth-order valence-corrected chi connectivity index (χ4v) is 4.74. The van der Waals surface area contributed by atoms with Crippen molar-refractivity contribution in [2.45, 2.75) is 25.3 Å². The van der Waals surface area contributed by atoms with Crippen molar-refractivity contribution >= 4 is 30.7 Å². The maximum atomic E-state index is 13.3. The van der Waals surface area contributed by atoms with Gasteiger partial charge in [-0.15, -0.1) is 0 Å². The minimum Gasteiger partial charge on any atom is -0.454 e. The van der Waals surface area contributed by atoms with Crippen LogP contribution >= 0.6 is 0 Å². The summed E-state index contributed by atoms with van der Waals surface area (Å²) in [4.78, 5) is 24.4. The van der Waals surface area contributed by atoms with Crippen LogP contribution in [0.15, 0.2) is 55.0 Å². The summed E-state index contributed by atoms with van der Waals surface area (Å²) < 4.78 is 12.7. The Labute approximate surface area is 203 Å². The number of benzene rings is 1. The molecule has 1 fully saturated rings. The lowest BCUT2D eigenvalue weighted by Gasteiger charge is -2.33. The molecule has 1 aromatic carbocycles. The highest BCUT2D eigenvalue weighted by Gasteiger charge is 2.28. The first-order chi connectivity index (χ1) is 17.2. The lowest BCUT2D eigenvalue weighted by molar-refractivity contribution is 0.0705. The fraction of sp³-hybridized carbons (Fsp3) is 0.280. The number of pyridine rings is 1. The second-order valence-corrected chi connectivity index (χ2v) is 9.00. The summed E-state index contributed by atoms with van der Waals surface area (Å²) in [6.07, 6.45) is 7.34. The van der Waals surface area contributed by atoms with Crippen LogP contribution in [0.3, 0.4) is 0 Å². The molecule has 0 bridgehead atoms. The van der Waals surface area contributed by atoms with Crippen molar-refractivity contribution in [3.63, 3.8) is 0 Å². The van der Waals surface area contributed by atoms with Crippen LogP contribution in [0, 0.1) is 0 Å². The van der Waals surface area contributed by atoms with Crippen molar-refractivity contribution < 1.29 is 14.3 Å². The molecular weight excluding hydrogens is 443 g/mol. The second kappa shape index (κ2) is 8.94. The molecule has 35 heavy (non-hydrogen) atoms. The van der Waals surface area contributed by atoms with E-state index in [1.165, 1.54) is 0 Å². The fourth-order valence-electron chi connectivity index (χ4n) is 4.74. The molecule has 1 atom stereocenters. The lowest BCUT2D eigenvalue weighted by atomic mass is 9.93. The van der Waals surface area contributed by atoms with E-state index in [4.69, 9.17) is 14.5 Å². The number of nitrogens with one attached hydrogen (secondary N) is 1. The van der Waals surface area contributed by atoms with Crippen LogP contribution in [0.5, 0.6) is 11.5 Å². The molecule has 5 heterocycles. The van der Waals surface area contributed by atoms with E-state index in [1.54, 1.807) is 24.4 Å². The molecule has 1 unspecified atom stereocenters. The van der Waals surface area contributed by atoms with Crippen LogP contribution in [-0.4, -0.2) is 58.1 Å². The Hall–Kier alpha value is -4.08. The third-order valence-corrected chi connectivity index (χ3v) is 6.61. The van der Waals surface area contributed by atoms with Crippen molar-refractivity contribution in [2.75, 3.05) is 25.2 Å². The van der Waals surface area contributed by atoms with E-state index < -0.39 is 0 Å². The highest BCUT2D eigenvalue weighted by atomic mass is 16.7. The Balaban J connectivity index is 1.25. The van der Waals surface area contributed by atoms with Gasteiger partial charge < -0.3 is 19.7 Å². The molecule has 3 aromatic heterocycles. The average Bonchev–Trinajstić information content (AvgIpc) is 3.53. The molecule has 2 aliphatic heterocycles. The smallest absolute Gasteiger partial charge is 0.254 e. The Morgan fingerprint density at radius 2 is 2.09 bits per heavy atom. The maximum absolute atomic E-state index is 13.3. The van der Waals surface area contributed by atoms with Crippen molar-refractivity contribution in [3.05, 3.63) is 71.8 Å². The number of aromatic nitrogens is 4. The number of ether oxygens (including phenoxy) is 2. The van der Waals surface area contributed by atoms with Crippen molar-refractivity contribution in [1.29, 1.82) is 0 Å². The first-order valence-electron chi connectivity index (χ1n) is 11.8. The first kappa shape index (κ1) is 21.5. The molecule has 9 nitrogen and oxygen atoms in total. The quantitative estimate of drug-likeness (QED) is 0.446. The Morgan fingerprint density at radius 3 is 2.97 bits per heavy atom. The molecule has 1 amide bonds. The zero-order valence-electron chi connectivity index (χ0n) is 19.5. The summed E-state index contributed by atoms with van der Waals surface area (Å²) >= 11 is 0. The molecule has 0 radical (unpaired) electrons. The molecule has 1 saturated heterocycles. The molecule has 6 rings (SSSR count). The third kappa shape index (κ3) is 4.16. The predicted molar refractivity (Wildman–Crippen MR) is 133 cm³/mol. The number of carbonyl (C=O) groups is 1. The van der Waals surface area contributed by atoms with E-state index in [1.807, 2.05) is 41.8 Å². The van der Waals surface area contributed by atoms with Gasteiger partial charge in [-0.2, -0.15) is 9.61 Å². The zero-order chi connectivity index (χ0) is 23.8. The van der Waals surface area contributed by atoms with E-state index in [-0.39, 0.29) is 18.6 Å². The Bertz CT molecular complexity index is 1390. The second-order valence-electron chi connectivity index (χ2n) is 9.00. The van der Waals surface area contributed by atoms with Crippen LogP contribution < -0.4 is 20.3 Å². The molecule has 2 aliphatic rings. The summed E-state index contributed by atoms with van der Waals surface area (Å²) in [5.74, 6) is 2.32. The minimum atomic E-state index is 0.00420. The topological polar surface area (TPSA) is 93.9 Å². The zero-order valence-corrected chi connectivity index (χ0v) is 19.5. The number of carbonyl (C=O) groups excluding carboxylic acids is 1. The van der Waals surface area contributed by atoms with Crippen molar-refractivity contribution in [2.24, 2.45) is 0 Å². The summed E-state index contributed by atoms with van der Waals surface area (Å²) in [5, 5.41) is 8.01. The van der Waals surface area contributed by atoms with Gasteiger partial charge in [0, 0.05) is 55.8 Å². The van der Waals surface area contributed by atoms with Crippen LogP contribution in [0.2, 0.25) is 0 Å². The van der Waals surface area contributed by atoms with E-state index in [2.05, 4.69) is 21.5 Å². The highest BCUT2D eigenvalue weighted by molar-refractivity contribution is 6.36. The number of fused-ring (bicyclic) bond motifs is 2. The van der Waals surface area contributed by atoms with Gasteiger partial charge in [0.2, 0.25) is 6.79 Å². The molecule has 0 spiro atoms. The number of rotatable bonds is 5. The van der Waals surface area contributed by atoms with Gasteiger partial charge in [0.1, 0.15) is 13.7 Å². The van der Waals surface area contributed by atoms with E-state index in [0.717, 1.165) is 47.6 Å². The first-order valence-corrected chi connectivity index (χ1v) is 11.8. The third-order valence-electron chi connectivity index (χ3n) is 6.61. The normalized spacial score (nSPS) is 17.0. The molecule has 176 valence electrons. The Morgan fingerprint density at radius 1 is 1.17 bits per heavy atom. The maximum Gasteiger partial charge on any atom is 0.254 e. The molecule has 0 aliphatic carbocycles. The SMILES string of the molecule is Bc1cnn2c(NCc3cccnc3)cc(C3CCCN(C(=O)c4ccc5c(c4)OCO5)C3)nc12. The summed E-state index contributed by atoms with van der Waals surface area (Å²) in [7, 11) is 2.01. The molecular formula is C25H25BN6O3. The highest BCUT2D eigenvalue weighted by Crippen LogP contribution is 2.34. The number of piperidine rings is 1. The average molecular weight is 468 g/mol. The van der Waals surface area contributed by atoms with Gasteiger partial charge >= 0.3 is 0 Å². The monoisotopic (exact) mass is 468 g/mol. The summed E-state index contributed by atoms with van der Waals surface area (Å²) in [6, 6.07) is 11.4. The van der Waals surface area contributed by atoms with Crippen LogP contribution in [0.4, 0.5) is 5.82 Å². The van der Waals surface area contributed by atoms with Gasteiger partial charge in [-0.3, -0.25) is 9.78 Å². The molecule has 10 heteroatoms. The van der Waals surface area contributed by atoms with Gasteiger partial charge in [0.15, 0.2) is 17.1 Å². The van der Waals surface area contributed by atoms with Crippen LogP contribution in [0.25, 0.3) is 5.65 Å². The summed E-state index contributed by atoms with van der Waals surface area (Å²) in [6.45, 7) is 2.16. The van der Waals surface area contributed by atoms with Gasteiger partial charge in [-0.1, -0.05) is 6.07 Å². The largest absolute Gasteiger partial charge is 0.454 e. The number of likely N-dealkylation sites (tertiary alicyclic amines) is 1. The van der Waals surface area contributed by atoms with E-state index in [0.29, 0.717) is 30.2 Å². The van der Waals surface area contributed by atoms with Crippen molar-refractivity contribution in [1.82, 2.24) is 24.5 Å². The number of hydrogen-bond donors (Lipinski definition) is 1. The van der Waals surface area contributed by atoms with Gasteiger partial charge in [-0.05, 0) is 48.1 Å². The number of anilines is 1. The Kier molecular flexibility index (Phi) is 5.48. The number of hydrogen-bond acceptors (Lipinski definition) is 7. The van der Waals surface area contributed by atoms with E-state index in [9.17, 15) is 4.79 Å². The molecule has 0 saturated carbocycles. The van der Waals surface area contributed by atoms with Gasteiger partial charge in [-0.25, -0.2) is 4.98 Å². The predicted octanol–water partition coefficient (Wildman–Crippen LogP) is 1.74. The van der Waals surface area contributed by atoms with Crippen LogP contribution in [-0.2, 0) is 6.54 Å². The van der Waals surface area contributed by atoms with Gasteiger partial charge in [0.05, 0.1) is 5.69 Å². The minimum absolute atomic E-state index is 0.00420. The van der Waals surface area contributed by atoms with Crippen LogP contribution in [0.1, 0.15) is 40.4 Å². The summed E-state index contributed by atoms with van der Waals surface area (Å²) in [5.41, 5.74) is 4.51. The van der Waals surface area contributed by atoms with Crippen molar-refractivity contribution in [3.8, 4) is 11.5 Å². The molecule has 1 N–H and O–H groups in total. The number of nitrogens with zero attached hydrogens (tertiary/aromatic N) is 5. The lowest BCUT2D eigenvalue weighted by Crippen LogP contribution is -2.39. The van der Waals surface area contributed by atoms with E-state index >= 15 is 0 Å². The molecule has 4 aromatic rings.